The molecule has 2 aliphatic heterocycles. The topological polar surface area (TPSA) is 113 Å². The highest BCUT2D eigenvalue weighted by Gasteiger charge is 2.65. The van der Waals surface area contributed by atoms with Crippen molar-refractivity contribution in [3.63, 3.8) is 0 Å². The number of unbranched alkanes of at least 4 members (excludes halogenated alkanes) is 2. The Hall–Kier alpha value is -5.00. The average molecular weight is 910 g/mol. The van der Waals surface area contributed by atoms with E-state index in [-0.39, 0.29) is 43.5 Å². The molecule has 6 unspecified atom stereocenters. The number of benzene rings is 4. The van der Waals surface area contributed by atoms with Gasteiger partial charge in [0.05, 0.1) is 18.2 Å². The second-order valence-electron chi connectivity index (χ2n) is 19.6. The van der Waals surface area contributed by atoms with Crippen molar-refractivity contribution in [3.8, 4) is 11.5 Å². The summed E-state index contributed by atoms with van der Waals surface area (Å²) in [6.45, 7) is 9.00. The molecule has 0 bridgehead atoms. The summed E-state index contributed by atoms with van der Waals surface area (Å²) in [5, 5.41) is 27.5. The molecule has 1 amide bonds. The van der Waals surface area contributed by atoms with E-state index < -0.39 is 17.7 Å². The number of amides is 1. The lowest BCUT2D eigenvalue weighted by atomic mass is 9.55. The second kappa shape index (κ2) is 22.4. The van der Waals surface area contributed by atoms with Crippen LogP contribution in [0.25, 0.3) is 10.8 Å². The van der Waals surface area contributed by atoms with Gasteiger partial charge in [-0.1, -0.05) is 129 Å². The van der Waals surface area contributed by atoms with Crippen LogP contribution in [-0.2, 0) is 27.5 Å². The summed E-state index contributed by atoms with van der Waals surface area (Å²) in [5.41, 5.74) is 4.99. The number of nitrogens with zero attached hydrogens (tertiary/aromatic N) is 3. The van der Waals surface area contributed by atoms with Crippen molar-refractivity contribution in [2.45, 2.75) is 114 Å². The average Bonchev–Trinajstić information content (AvgIpc) is 4.03. The molecule has 3 fully saturated rings. The molecule has 67 heavy (non-hydrogen) atoms. The fourth-order valence-corrected chi connectivity index (χ4v) is 11.8. The predicted molar refractivity (Wildman–Crippen MR) is 264 cm³/mol. The third-order valence-corrected chi connectivity index (χ3v) is 15.3. The number of hydrogen-bond donors (Lipinski definition) is 2. The van der Waals surface area contributed by atoms with E-state index in [1.54, 1.807) is 6.08 Å². The molecule has 4 aromatic carbocycles. The summed E-state index contributed by atoms with van der Waals surface area (Å²) in [4.78, 5) is 26.3. The van der Waals surface area contributed by atoms with Crippen LogP contribution in [0, 0.1) is 23.7 Å². The van der Waals surface area contributed by atoms with Gasteiger partial charge in [-0.05, 0) is 95.5 Å². The normalized spacial score (nSPS) is 25.0. The Morgan fingerprint density at radius 2 is 1.69 bits per heavy atom. The lowest BCUT2D eigenvalue weighted by Crippen LogP contribution is -2.70. The van der Waals surface area contributed by atoms with Gasteiger partial charge in [-0.2, -0.15) is 0 Å². The zero-order valence-corrected chi connectivity index (χ0v) is 39.3. The van der Waals surface area contributed by atoms with Crippen LogP contribution >= 0.6 is 0 Å². The van der Waals surface area contributed by atoms with Crippen molar-refractivity contribution >= 4 is 22.4 Å². The number of fused-ring (bicyclic) bond motifs is 3. The van der Waals surface area contributed by atoms with Crippen molar-refractivity contribution in [2.75, 3.05) is 46.1 Å². The van der Waals surface area contributed by atoms with E-state index >= 15 is 4.79 Å². The molecule has 0 aromatic heterocycles. The molecule has 0 spiro atoms. The first-order valence-corrected chi connectivity index (χ1v) is 25.3. The molecule has 10 nitrogen and oxygen atoms in total. The second-order valence-corrected chi connectivity index (χ2v) is 19.6. The van der Waals surface area contributed by atoms with Crippen LogP contribution < -0.4 is 9.47 Å². The maximum absolute atomic E-state index is 15.5. The van der Waals surface area contributed by atoms with Crippen LogP contribution in [0.4, 0.5) is 0 Å². The van der Waals surface area contributed by atoms with Crippen molar-refractivity contribution < 1.29 is 34.1 Å². The molecule has 2 N–H and O–H groups in total. The summed E-state index contributed by atoms with van der Waals surface area (Å²) in [7, 11) is 0. The molecule has 2 saturated carbocycles. The Labute approximate surface area is 397 Å². The van der Waals surface area contributed by atoms with E-state index in [1.807, 2.05) is 36.4 Å². The Balaban J connectivity index is 1.22. The third-order valence-electron chi connectivity index (χ3n) is 15.3. The Bertz CT molecular complexity index is 2330. The van der Waals surface area contributed by atoms with Gasteiger partial charge in [0.25, 0.3) is 0 Å². The van der Waals surface area contributed by atoms with Crippen LogP contribution in [0.2, 0.25) is 0 Å². The monoisotopic (exact) mass is 910 g/mol. The maximum atomic E-state index is 15.5. The molecule has 356 valence electrons. The van der Waals surface area contributed by atoms with Crippen LogP contribution in [-0.4, -0.2) is 89.5 Å². The Kier molecular flexibility index (Phi) is 15.7. The summed E-state index contributed by atoms with van der Waals surface area (Å²) >= 11 is 0. The summed E-state index contributed by atoms with van der Waals surface area (Å²) in [6, 6.07) is 30.6. The number of allylic oxidation sites excluding steroid dienone is 1. The first-order valence-electron chi connectivity index (χ1n) is 25.3. The van der Waals surface area contributed by atoms with E-state index in [9.17, 15) is 10.2 Å². The maximum Gasteiger partial charge on any atom is 0.239 e. The number of carbonyl (C=O) groups is 1. The predicted octanol–water partition coefficient (Wildman–Crippen LogP) is 10.4. The number of aliphatic hydroxyl groups is 2. The molecule has 10 heteroatoms. The van der Waals surface area contributed by atoms with E-state index in [4.69, 9.17) is 24.2 Å². The highest BCUT2D eigenvalue weighted by Crippen LogP contribution is 2.62. The van der Waals surface area contributed by atoms with Crippen molar-refractivity contribution in [1.29, 1.82) is 0 Å². The summed E-state index contributed by atoms with van der Waals surface area (Å²) in [6.07, 6.45) is 15.5. The minimum Gasteiger partial charge on any atom is -0.492 e. The van der Waals surface area contributed by atoms with Crippen LogP contribution in [0.5, 0.6) is 11.5 Å². The van der Waals surface area contributed by atoms with Gasteiger partial charge in [0.15, 0.2) is 0 Å². The van der Waals surface area contributed by atoms with Gasteiger partial charge < -0.3 is 34.2 Å². The number of carbonyl (C=O) groups excluding carboxylic acids is 1. The minimum atomic E-state index is -1.34. The quantitative estimate of drug-likeness (QED) is 0.0309. The van der Waals surface area contributed by atoms with Gasteiger partial charge in [0, 0.05) is 63.7 Å². The number of aliphatic hydroxyl groups excluding tert-OH is 2. The fourth-order valence-electron chi connectivity index (χ4n) is 11.8. The molecular formula is C57H71N3O7. The van der Waals surface area contributed by atoms with E-state index in [1.165, 1.54) is 25.7 Å². The first kappa shape index (κ1) is 47.1. The Morgan fingerprint density at radius 3 is 2.48 bits per heavy atom. The largest absolute Gasteiger partial charge is 0.492 e. The van der Waals surface area contributed by atoms with Crippen molar-refractivity contribution in [1.82, 2.24) is 9.80 Å². The third kappa shape index (κ3) is 10.8. The van der Waals surface area contributed by atoms with Crippen LogP contribution in [0.15, 0.2) is 120 Å². The summed E-state index contributed by atoms with van der Waals surface area (Å²) in [5.74, 6) is 0.563. The van der Waals surface area contributed by atoms with E-state index in [0.717, 1.165) is 102 Å². The van der Waals surface area contributed by atoms with Crippen molar-refractivity contribution in [2.24, 2.45) is 28.8 Å². The number of hydrogen-bond acceptors (Lipinski definition) is 9. The van der Waals surface area contributed by atoms with Crippen molar-refractivity contribution in [3.05, 3.63) is 132 Å². The molecule has 6 atom stereocenters. The molecule has 5 aliphatic rings. The Morgan fingerprint density at radius 1 is 0.910 bits per heavy atom. The van der Waals surface area contributed by atoms with Crippen LogP contribution in [0.3, 0.4) is 0 Å². The fraction of sp³-hybridized carbons (Fsp3) is 0.509. The summed E-state index contributed by atoms with van der Waals surface area (Å²) < 4.78 is 21.4. The van der Waals surface area contributed by atoms with Crippen LogP contribution in [0.1, 0.15) is 106 Å². The van der Waals surface area contributed by atoms with Gasteiger partial charge in [-0.15, -0.1) is 6.58 Å². The first-order chi connectivity index (χ1) is 33.0. The van der Waals surface area contributed by atoms with E-state index in [2.05, 4.69) is 77.1 Å². The molecule has 2 heterocycles. The number of ether oxygens (including phenoxy) is 3. The lowest BCUT2D eigenvalue weighted by Gasteiger charge is -2.60. The highest BCUT2D eigenvalue weighted by molar-refractivity contribution is 6.03. The van der Waals surface area contributed by atoms with Gasteiger partial charge >= 0.3 is 0 Å². The zero-order chi connectivity index (χ0) is 46.0. The SMILES string of the molecule is C=CCOC12Oc3ccc(OCCN4CC4)cc3C3C(CCCCO)C(CCCCO)C=C(C(=NOCc4ccccc4)CC1N(Cc1cccc4ccccc14)C(=O)CCC1CCCC1)C32. The van der Waals surface area contributed by atoms with Gasteiger partial charge in [0.1, 0.15) is 30.8 Å². The molecule has 3 aliphatic carbocycles. The van der Waals surface area contributed by atoms with Gasteiger partial charge in [0.2, 0.25) is 11.7 Å². The molecular weight excluding hydrogens is 839 g/mol. The van der Waals surface area contributed by atoms with Gasteiger partial charge in [-0.25, -0.2) is 0 Å². The molecule has 1 saturated heterocycles. The number of oxime groups is 1. The molecule has 4 aromatic rings. The lowest BCUT2D eigenvalue weighted by molar-refractivity contribution is -0.258. The minimum absolute atomic E-state index is 0.0849. The smallest absolute Gasteiger partial charge is 0.239 e. The van der Waals surface area contributed by atoms with Gasteiger partial charge in [-0.3, -0.25) is 9.69 Å². The van der Waals surface area contributed by atoms with E-state index in [0.29, 0.717) is 51.4 Å². The highest BCUT2D eigenvalue weighted by atomic mass is 16.7. The zero-order valence-electron chi connectivity index (χ0n) is 39.3. The standard InChI is InChI=1S/C57H71N3O7/c1-2-34-65-57-53(60(54(63)28-25-41-15-6-7-16-41)39-45-22-14-21-43-19-8-9-23-47(43)45)38-51(58-66-40-42-17-4-3-5-18-42)49-36-44(20-10-12-32-61)48(24-11-13-33-62)55(56(49)57)50-37-46(26-27-52(50)67-57)64-35-31-59-29-30-59/h2-5,8-9,14,17-19,21-23,26-27,36-37,41,44,48,53,55-56,61-62H,1,6-7,10-13,15-16,20,24-25,28-35,38-40H2. The molecule has 0 radical (unpaired) electrons. The number of rotatable bonds is 24. The molecule has 9 rings (SSSR count).